The number of halogens is 2. The van der Waals surface area contributed by atoms with Gasteiger partial charge in [-0.25, -0.2) is 4.39 Å². The van der Waals surface area contributed by atoms with E-state index in [0.717, 1.165) is 23.3 Å². The minimum atomic E-state index is -0.294. The molecule has 0 saturated carbocycles. The van der Waals surface area contributed by atoms with Crippen LogP contribution < -0.4 is 5.32 Å². The molecule has 1 N–H and O–H groups in total. The number of thioether (sulfide) groups is 1. The molecule has 2 nitrogen and oxygen atoms in total. The summed E-state index contributed by atoms with van der Waals surface area (Å²) >= 11 is 7.85. The zero-order valence-corrected chi connectivity index (χ0v) is 13.4. The Morgan fingerprint density at radius 2 is 2.05 bits per heavy atom. The van der Waals surface area contributed by atoms with Crippen LogP contribution in [-0.2, 0) is 11.2 Å². The van der Waals surface area contributed by atoms with Crippen molar-refractivity contribution in [3.05, 3.63) is 64.4 Å². The molecule has 2 aromatic carbocycles. The Bertz CT molecular complexity index is 690. The van der Waals surface area contributed by atoms with Crippen LogP contribution in [0.1, 0.15) is 23.6 Å². The molecule has 1 unspecified atom stereocenters. The highest BCUT2D eigenvalue weighted by Gasteiger charge is 2.22. The predicted octanol–water partition coefficient (Wildman–Crippen LogP) is 4.37. The highest BCUT2D eigenvalue weighted by Crippen LogP contribution is 2.37. The van der Waals surface area contributed by atoms with E-state index in [2.05, 4.69) is 5.32 Å². The molecule has 1 aliphatic heterocycles. The summed E-state index contributed by atoms with van der Waals surface area (Å²) in [5, 5.41) is 3.74. The Balaban J connectivity index is 1.70. The van der Waals surface area contributed by atoms with E-state index >= 15 is 0 Å². The summed E-state index contributed by atoms with van der Waals surface area (Å²) < 4.78 is 12.9. The maximum atomic E-state index is 12.9. The smallest absolute Gasteiger partial charge is 0.224 e. The first-order valence-corrected chi connectivity index (χ1v) is 8.44. The van der Waals surface area contributed by atoms with Crippen LogP contribution in [-0.4, -0.2) is 11.7 Å². The van der Waals surface area contributed by atoms with Crippen molar-refractivity contribution >= 4 is 29.3 Å². The molecule has 114 valence electrons. The van der Waals surface area contributed by atoms with Gasteiger partial charge in [-0.1, -0.05) is 23.7 Å². The summed E-state index contributed by atoms with van der Waals surface area (Å²) in [5.41, 5.74) is 1.88. The van der Waals surface area contributed by atoms with E-state index < -0.39 is 0 Å². The predicted molar refractivity (Wildman–Crippen MR) is 87.8 cm³/mol. The Kier molecular flexibility index (Phi) is 4.69. The van der Waals surface area contributed by atoms with E-state index in [1.165, 1.54) is 17.0 Å². The van der Waals surface area contributed by atoms with Gasteiger partial charge in [-0.3, -0.25) is 4.79 Å². The number of amides is 1. The first-order chi connectivity index (χ1) is 10.6. The number of carbonyl (C=O) groups is 1. The fourth-order valence-corrected chi connectivity index (χ4v) is 3.83. The molecule has 3 rings (SSSR count). The van der Waals surface area contributed by atoms with Gasteiger partial charge in [0.25, 0.3) is 0 Å². The second-order valence-electron chi connectivity index (χ2n) is 5.24. The van der Waals surface area contributed by atoms with E-state index in [1.807, 2.05) is 18.2 Å². The zero-order valence-electron chi connectivity index (χ0n) is 11.8. The van der Waals surface area contributed by atoms with Crippen molar-refractivity contribution in [2.24, 2.45) is 0 Å². The van der Waals surface area contributed by atoms with Gasteiger partial charge in [0.2, 0.25) is 5.91 Å². The molecule has 1 amide bonds. The fourth-order valence-electron chi connectivity index (χ4n) is 2.55. The molecule has 0 aromatic heterocycles. The first-order valence-electron chi connectivity index (χ1n) is 7.08. The highest BCUT2D eigenvalue weighted by molar-refractivity contribution is 7.99. The van der Waals surface area contributed by atoms with Crippen LogP contribution in [0.15, 0.2) is 47.4 Å². The third-order valence-electron chi connectivity index (χ3n) is 3.62. The lowest BCUT2D eigenvalue weighted by Crippen LogP contribution is -2.31. The average molecular weight is 336 g/mol. The molecular formula is C17H15ClFNOS. The largest absolute Gasteiger partial charge is 0.349 e. The maximum Gasteiger partial charge on any atom is 0.224 e. The SMILES string of the molecule is O=C(Cc1ccc(F)cc1)NC1CCSc2ccc(Cl)cc21. The minimum Gasteiger partial charge on any atom is -0.349 e. The molecule has 0 aliphatic carbocycles. The van der Waals surface area contributed by atoms with Crippen LogP contribution in [0.2, 0.25) is 5.02 Å². The zero-order chi connectivity index (χ0) is 15.5. The third-order valence-corrected chi connectivity index (χ3v) is 4.98. The fraction of sp³-hybridized carbons (Fsp3) is 0.235. The quantitative estimate of drug-likeness (QED) is 0.902. The minimum absolute atomic E-state index is 0.0112. The molecule has 2 aromatic rings. The number of carbonyl (C=O) groups excluding carboxylic acids is 1. The van der Waals surface area contributed by atoms with Gasteiger partial charge in [0.15, 0.2) is 0 Å². The molecule has 0 spiro atoms. The van der Waals surface area contributed by atoms with Crippen LogP contribution in [0.3, 0.4) is 0 Å². The van der Waals surface area contributed by atoms with E-state index in [9.17, 15) is 9.18 Å². The summed E-state index contributed by atoms with van der Waals surface area (Å²) in [4.78, 5) is 13.4. The van der Waals surface area contributed by atoms with Crippen molar-refractivity contribution in [2.45, 2.75) is 23.8 Å². The summed E-state index contributed by atoms with van der Waals surface area (Å²) in [6, 6.07) is 11.8. The van der Waals surface area contributed by atoms with Gasteiger partial charge in [-0.05, 0) is 47.9 Å². The Hall–Kier alpha value is -1.52. The van der Waals surface area contributed by atoms with Crippen LogP contribution in [0.5, 0.6) is 0 Å². The van der Waals surface area contributed by atoms with Gasteiger partial charge in [0.05, 0.1) is 12.5 Å². The summed E-state index contributed by atoms with van der Waals surface area (Å²) in [6.45, 7) is 0. The molecule has 0 radical (unpaired) electrons. The number of hydrogen-bond donors (Lipinski definition) is 1. The Labute approximate surface area is 138 Å². The van der Waals surface area contributed by atoms with Crippen LogP contribution in [0, 0.1) is 5.82 Å². The number of benzene rings is 2. The topological polar surface area (TPSA) is 29.1 Å². The lowest BCUT2D eigenvalue weighted by atomic mass is 10.0. The first kappa shape index (κ1) is 15.4. The standard InChI is InChI=1S/C17H15ClFNOS/c18-12-3-6-16-14(10-12)15(7-8-22-16)20-17(21)9-11-1-4-13(19)5-2-11/h1-6,10,15H,7-9H2,(H,20,21). The second-order valence-corrected chi connectivity index (χ2v) is 6.82. The molecule has 1 aliphatic rings. The molecular weight excluding hydrogens is 321 g/mol. The number of hydrogen-bond acceptors (Lipinski definition) is 2. The van der Waals surface area contributed by atoms with Gasteiger partial charge in [-0.2, -0.15) is 0 Å². The van der Waals surface area contributed by atoms with Gasteiger partial charge in [-0.15, -0.1) is 11.8 Å². The van der Waals surface area contributed by atoms with E-state index in [0.29, 0.717) is 5.02 Å². The normalized spacial score (nSPS) is 16.9. The Morgan fingerprint density at radius 3 is 2.82 bits per heavy atom. The van der Waals surface area contributed by atoms with Gasteiger partial charge >= 0.3 is 0 Å². The average Bonchev–Trinajstić information content (AvgIpc) is 2.50. The van der Waals surface area contributed by atoms with Crippen LogP contribution in [0.25, 0.3) is 0 Å². The highest BCUT2D eigenvalue weighted by atomic mass is 35.5. The van der Waals surface area contributed by atoms with Gasteiger partial charge in [0.1, 0.15) is 5.82 Å². The lowest BCUT2D eigenvalue weighted by Gasteiger charge is -2.26. The van der Waals surface area contributed by atoms with Crippen molar-refractivity contribution in [1.29, 1.82) is 0 Å². The van der Waals surface area contributed by atoms with Crippen molar-refractivity contribution in [3.8, 4) is 0 Å². The molecule has 1 heterocycles. The third kappa shape index (κ3) is 3.62. The van der Waals surface area contributed by atoms with Crippen molar-refractivity contribution in [1.82, 2.24) is 5.32 Å². The summed E-state index contributed by atoms with van der Waals surface area (Å²) in [6.07, 6.45) is 1.13. The van der Waals surface area contributed by atoms with Gasteiger partial charge in [0, 0.05) is 15.7 Å². The van der Waals surface area contributed by atoms with E-state index in [-0.39, 0.29) is 24.2 Å². The lowest BCUT2D eigenvalue weighted by molar-refractivity contribution is -0.121. The molecule has 1 atom stereocenters. The second kappa shape index (κ2) is 6.71. The number of nitrogens with one attached hydrogen (secondary N) is 1. The Morgan fingerprint density at radius 1 is 1.27 bits per heavy atom. The van der Waals surface area contributed by atoms with Crippen molar-refractivity contribution in [2.75, 3.05) is 5.75 Å². The van der Waals surface area contributed by atoms with E-state index in [1.54, 1.807) is 23.9 Å². The number of rotatable bonds is 3. The summed E-state index contributed by atoms with van der Waals surface area (Å²) in [7, 11) is 0. The van der Waals surface area contributed by atoms with Crippen molar-refractivity contribution < 1.29 is 9.18 Å². The van der Waals surface area contributed by atoms with E-state index in [4.69, 9.17) is 11.6 Å². The van der Waals surface area contributed by atoms with Gasteiger partial charge < -0.3 is 5.32 Å². The number of fused-ring (bicyclic) bond motifs is 1. The monoisotopic (exact) mass is 335 g/mol. The summed E-state index contributed by atoms with van der Waals surface area (Å²) in [5.74, 6) is 0.613. The van der Waals surface area contributed by atoms with Crippen molar-refractivity contribution in [3.63, 3.8) is 0 Å². The molecule has 0 fully saturated rings. The molecule has 0 saturated heterocycles. The molecule has 0 bridgehead atoms. The molecule has 5 heteroatoms. The van der Waals surface area contributed by atoms with Crippen LogP contribution in [0.4, 0.5) is 4.39 Å². The van der Waals surface area contributed by atoms with Crippen LogP contribution >= 0.6 is 23.4 Å². The molecule has 22 heavy (non-hydrogen) atoms. The maximum absolute atomic E-state index is 12.9.